The van der Waals surface area contributed by atoms with Crippen LogP contribution in [0.1, 0.15) is 27.7 Å². The number of amides is 1. The van der Waals surface area contributed by atoms with Crippen molar-refractivity contribution in [2.45, 2.75) is 32.4 Å². The van der Waals surface area contributed by atoms with Crippen LogP contribution < -0.4 is 5.32 Å². The van der Waals surface area contributed by atoms with Gasteiger partial charge in [-0.15, -0.1) is 0 Å². The van der Waals surface area contributed by atoms with Crippen molar-refractivity contribution in [2.75, 3.05) is 6.54 Å². The van der Waals surface area contributed by atoms with Gasteiger partial charge in [-0.25, -0.2) is 0 Å². The van der Waals surface area contributed by atoms with Crippen LogP contribution in [0.5, 0.6) is 0 Å². The molecule has 6 heteroatoms. The molecule has 0 aromatic carbocycles. The molecule has 0 spiro atoms. The minimum absolute atomic E-state index is 0.118. The lowest BCUT2D eigenvalue weighted by Crippen LogP contribution is -2.49. The first-order valence-corrected chi connectivity index (χ1v) is 6.46. The van der Waals surface area contributed by atoms with E-state index >= 15 is 0 Å². The zero-order chi connectivity index (χ0) is 13.0. The topological polar surface area (TPSA) is 83.5 Å². The van der Waals surface area contributed by atoms with Crippen molar-refractivity contribution in [3.63, 3.8) is 0 Å². The molecule has 2 N–H and O–H groups in total. The second kappa shape index (κ2) is 5.45. The van der Waals surface area contributed by atoms with Gasteiger partial charge < -0.3 is 5.32 Å². The van der Waals surface area contributed by atoms with Crippen LogP contribution in [-0.4, -0.2) is 30.2 Å². The fourth-order valence-electron chi connectivity index (χ4n) is 1.07. The monoisotopic (exact) mass is 249 g/mol. The summed E-state index contributed by atoms with van der Waals surface area (Å²) in [6, 6.07) is 0. The summed E-state index contributed by atoms with van der Waals surface area (Å²) < 4.78 is 30.3. The van der Waals surface area contributed by atoms with Crippen molar-refractivity contribution in [1.29, 1.82) is 0 Å². The number of carbonyl (C=O) groups excluding carboxylic acids is 1. The van der Waals surface area contributed by atoms with Gasteiger partial charge in [0.2, 0.25) is 5.91 Å². The maximum Gasteiger partial charge on any atom is 0.272 e. The molecule has 0 saturated carbocycles. The summed E-state index contributed by atoms with van der Waals surface area (Å²) in [4.78, 5) is 11.2. The highest BCUT2D eigenvalue weighted by Gasteiger charge is 2.41. The summed E-state index contributed by atoms with van der Waals surface area (Å²) in [6.07, 6.45) is 2.85. The zero-order valence-electron chi connectivity index (χ0n) is 10.0. The molecular weight excluding hydrogens is 230 g/mol. The minimum atomic E-state index is -4.21. The van der Waals surface area contributed by atoms with E-state index < -0.39 is 14.9 Å². The van der Waals surface area contributed by atoms with Crippen LogP contribution in [0.25, 0.3) is 0 Å². The Morgan fingerprint density at radius 1 is 1.50 bits per heavy atom. The summed E-state index contributed by atoms with van der Waals surface area (Å²) in [6.45, 7) is 6.32. The standard InChI is InChI=1S/C10H19NO4S/c1-5-6-9(12)11-7-10(4,8(2)3)16(13,14)15/h5-6,8H,7H2,1-4H3,(H,11,12)(H,13,14,15). The van der Waals surface area contributed by atoms with E-state index in [1.807, 2.05) is 0 Å². The fourth-order valence-corrected chi connectivity index (χ4v) is 1.92. The number of carbonyl (C=O) groups is 1. The number of allylic oxidation sites excluding steroid dienone is 1. The third-order valence-electron chi connectivity index (χ3n) is 2.74. The number of hydrogen-bond acceptors (Lipinski definition) is 3. The maximum absolute atomic E-state index is 11.3. The predicted octanol–water partition coefficient (Wildman–Crippen LogP) is 0.981. The Bertz CT molecular complexity index is 372. The summed E-state index contributed by atoms with van der Waals surface area (Å²) in [7, 11) is -4.21. The molecule has 1 atom stereocenters. The first kappa shape index (κ1) is 15.1. The van der Waals surface area contributed by atoms with Gasteiger partial charge in [0.05, 0.1) is 0 Å². The summed E-state index contributed by atoms with van der Waals surface area (Å²) in [5.74, 6) is -0.688. The first-order chi connectivity index (χ1) is 7.15. The summed E-state index contributed by atoms with van der Waals surface area (Å²) in [5.41, 5.74) is 0. The average Bonchev–Trinajstić information content (AvgIpc) is 2.12. The van der Waals surface area contributed by atoms with Crippen LogP contribution in [0, 0.1) is 5.92 Å². The highest BCUT2D eigenvalue weighted by molar-refractivity contribution is 7.87. The van der Waals surface area contributed by atoms with Crippen LogP contribution in [0.2, 0.25) is 0 Å². The molecule has 0 heterocycles. The Morgan fingerprint density at radius 2 is 2.00 bits per heavy atom. The number of nitrogens with one attached hydrogen (secondary N) is 1. The van der Waals surface area contributed by atoms with E-state index in [1.54, 1.807) is 26.8 Å². The van der Waals surface area contributed by atoms with Gasteiger partial charge in [0.15, 0.2) is 0 Å². The van der Waals surface area contributed by atoms with Crippen molar-refractivity contribution in [3.05, 3.63) is 12.2 Å². The Balaban J connectivity index is 4.80. The van der Waals surface area contributed by atoms with Gasteiger partial charge in [0.1, 0.15) is 4.75 Å². The molecule has 0 aliphatic rings. The van der Waals surface area contributed by atoms with Crippen LogP contribution >= 0.6 is 0 Å². The van der Waals surface area contributed by atoms with Gasteiger partial charge in [-0.05, 0) is 25.8 Å². The van der Waals surface area contributed by atoms with Crippen molar-refractivity contribution >= 4 is 16.0 Å². The van der Waals surface area contributed by atoms with Crippen LogP contribution in [0.15, 0.2) is 12.2 Å². The molecule has 0 saturated heterocycles. The van der Waals surface area contributed by atoms with Gasteiger partial charge in [-0.3, -0.25) is 9.35 Å². The third kappa shape index (κ3) is 3.61. The van der Waals surface area contributed by atoms with E-state index in [0.29, 0.717) is 0 Å². The van der Waals surface area contributed by atoms with E-state index in [-0.39, 0.29) is 18.4 Å². The lowest BCUT2D eigenvalue weighted by Gasteiger charge is -2.30. The molecule has 0 fully saturated rings. The Labute approximate surface area is 96.7 Å². The van der Waals surface area contributed by atoms with E-state index in [9.17, 15) is 13.2 Å². The molecule has 1 unspecified atom stereocenters. The minimum Gasteiger partial charge on any atom is -0.351 e. The average molecular weight is 249 g/mol. The van der Waals surface area contributed by atoms with Crippen LogP contribution in [-0.2, 0) is 14.9 Å². The Morgan fingerprint density at radius 3 is 2.31 bits per heavy atom. The smallest absolute Gasteiger partial charge is 0.272 e. The first-order valence-electron chi connectivity index (χ1n) is 5.02. The van der Waals surface area contributed by atoms with Crippen molar-refractivity contribution in [1.82, 2.24) is 5.32 Å². The molecule has 16 heavy (non-hydrogen) atoms. The van der Waals surface area contributed by atoms with Crippen LogP contribution in [0.3, 0.4) is 0 Å². The second-order valence-electron chi connectivity index (χ2n) is 4.16. The second-order valence-corrected chi connectivity index (χ2v) is 6.04. The third-order valence-corrected chi connectivity index (χ3v) is 4.54. The number of hydrogen-bond donors (Lipinski definition) is 2. The SMILES string of the molecule is CC=CC(=O)NCC(C)(C(C)C)S(=O)(=O)O. The highest BCUT2D eigenvalue weighted by atomic mass is 32.2. The molecule has 0 bridgehead atoms. The molecule has 94 valence electrons. The van der Waals surface area contributed by atoms with E-state index in [4.69, 9.17) is 4.55 Å². The molecule has 0 rings (SSSR count). The molecule has 1 amide bonds. The van der Waals surface area contributed by atoms with Crippen LogP contribution in [0.4, 0.5) is 0 Å². The lowest BCUT2D eigenvalue weighted by atomic mass is 9.97. The van der Waals surface area contributed by atoms with Crippen molar-refractivity contribution in [2.24, 2.45) is 5.92 Å². The molecular formula is C10H19NO4S. The quantitative estimate of drug-likeness (QED) is 0.562. The zero-order valence-corrected chi connectivity index (χ0v) is 10.8. The molecule has 0 radical (unpaired) electrons. The van der Waals surface area contributed by atoms with Gasteiger partial charge in [0, 0.05) is 6.54 Å². The predicted molar refractivity (Wildman–Crippen MR) is 62.6 cm³/mol. The van der Waals surface area contributed by atoms with Gasteiger partial charge in [-0.2, -0.15) is 8.42 Å². The van der Waals surface area contributed by atoms with E-state index in [1.165, 1.54) is 13.0 Å². The number of rotatable bonds is 5. The van der Waals surface area contributed by atoms with E-state index in [2.05, 4.69) is 5.32 Å². The largest absolute Gasteiger partial charge is 0.351 e. The molecule has 0 aliphatic heterocycles. The van der Waals surface area contributed by atoms with Gasteiger partial charge >= 0.3 is 0 Å². The van der Waals surface area contributed by atoms with E-state index in [0.717, 1.165) is 0 Å². The van der Waals surface area contributed by atoms with Gasteiger partial charge in [-0.1, -0.05) is 19.9 Å². The van der Waals surface area contributed by atoms with Gasteiger partial charge in [0.25, 0.3) is 10.1 Å². The Hall–Kier alpha value is -0.880. The highest BCUT2D eigenvalue weighted by Crippen LogP contribution is 2.24. The molecule has 0 aliphatic carbocycles. The van der Waals surface area contributed by atoms with Crippen molar-refractivity contribution < 1.29 is 17.8 Å². The fraction of sp³-hybridized carbons (Fsp3) is 0.700. The summed E-state index contributed by atoms with van der Waals surface area (Å²) in [5, 5.41) is 2.45. The summed E-state index contributed by atoms with van der Waals surface area (Å²) >= 11 is 0. The van der Waals surface area contributed by atoms with Crippen molar-refractivity contribution in [3.8, 4) is 0 Å². The molecule has 0 aromatic rings. The Kier molecular flexibility index (Phi) is 5.15. The normalized spacial score (nSPS) is 16.4. The molecule has 0 aromatic heterocycles. The lowest BCUT2D eigenvalue weighted by molar-refractivity contribution is -0.116. The maximum atomic E-state index is 11.3. The molecule has 5 nitrogen and oxygen atoms in total.